The van der Waals surface area contributed by atoms with Gasteiger partial charge in [0.25, 0.3) is 0 Å². The average molecular weight is 439 g/mol. The molecule has 4 heteroatoms. The Hall–Kier alpha value is -1.55. The summed E-state index contributed by atoms with van der Waals surface area (Å²) in [4.78, 5) is 5.23. The summed E-state index contributed by atoms with van der Waals surface area (Å²) in [7, 11) is 0. The van der Waals surface area contributed by atoms with Crippen LogP contribution in [0.1, 0.15) is 55.6 Å². The molecule has 3 aliphatic rings. The number of hydrogen-bond donors (Lipinski definition) is 0. The van der Waals surface area contributed by atoms with Gasteiger partial charge < -0.3 is 9.64 Å². The second-order valence-corrected chi connectivity index (χ2v) is 10.3. The number of ether oxygens (including phenoxy) is 1. The summed E-state index contributed by atoms with van der Waals surface area (Å²) in [6, 6.07) is 17.3. The third kappa shape index (κ3) is 5.63. The third-order valence-electron chi connectivity index (χ3n) is 7.44. The van der Waals surface area contributed by atoms with Crippen molar-refractivity contribution in [1.82, 2.24) is 9.80 Å². The molecule has 2 aromatic rings. The molecule has 2 heterocycles. The lowest BCUT2D eigenvalue weighted by Gasteiger charge is -2.41. The van der Waals surface area contributed by atoms with Crippen LogP contribution >= 0.6 is 11.6 Å². The van der Waals surface area contributed by atoms with Gasteiger partial charge in [-0.15, -0.1) is 0 Å². The quantitative estimate of drug-likeness (QED) is 0.529. The Morgan fingerprint density at radius 1 is 0.871 bits per heavy atom. The van der Waals surface area contributed by atoms with Crippen LogP contribution in [-0.2, 0) is 6.54 Å². The molecule has 0 amide bonds. The maximum absolute atomic E-state index is 6.14. The first-order valence-electron chi connectivity index (χ1n) is 12.2. The van der Waals surface area contributed by atoms with Crippen molar-refractivity contribution in [2.75, 3.05) is 32.7 Å². The lowest BCUT2D eigenvalue weighted by molar-refractivity contribution is 0.0760. The van der Waals surface area contributed by atoms with Gasteiger partial charge in [0.2, 0.25) is 0 Å². The lowest BCUT2D eigenvalue weighted by Crippen LogP contribution is -2.42. The van der Waals surface area contributed by atoms with Crippen LogP contribution in [0.5, 0.6) is 5.75 Å². The van der Waals surface area contributed by atoms with E-state index in [1.807, 2.05) is 24.3 Å². The van der Waals surface area contributed by atoms with E-state index in [9.17, 15) is 0 Å². The Bertz CT molecular complexity index is 835. The molecule has 2 saturated heterocycles. The number of halogens is 1. The van der Waals surface area contributed by atoms with E-state index in [1.165, 1.54) is 50.9 Å². The van der Waals surface area contributed by atoms with E-state index in [0.717, 1.165) is 55.1 Å². The molecule has 1 aliphatic carbocycles. The number of nitrogens with zero attached hydrogens (tertiary/aromatic N) is 2. The number of rotatable bonds is 7. The Morgan fingerprint density at radius 3 is 2.32 bits per heavy atom. The van der Waals surface area contributed by atoms with Gasteiger partial charge in [0, 0.05) is 31.2 Å². The molecule has 0 spiro atoms. The van der Waals surface area contributed by atoms with Gasteiger partial charge in [0.15, 0.2) is 0 Å². The van der Waals surface area contributed by atoms with E-state index in [4.69, 9.17) is 16.3 Å². The van der Waals surface area contributed by atoms with E-state index in [1.54, 1.807) is 5.56 Å². The van der Waals surface area contributed by atoms with Gasteiger partial charge in [0.1, 0.15) is 11.9 Å². The van der Waals surface area contributed by atoms with Gasteiger partial charge in [0.05, 0.1) is 0 Å². The fourth-order valence-corrected chi connectivity index (χ4v) is 5.74. The minimum Gasteiger partial charge on any atom is -0.490 e. The van der Waals surface area contributed by atoms with Crippen LogP contribution in [0.2, 0.25) is 5.02 Å². The first-order valence-corrected chi connectivity index (χ1v) is 12.5. The summed E-state index contributed by atoms with van der Waals surface area (Å²) in [5.74, 6) is 2.54. The van der Waals surface area contributed by atoms with Crippen molar-refractivity contribution in [3.8, 4) is 5.75 Å². The monoisotopic (exact) mass is 438 g/mol. The van der Waals surface area contributed by atoms with E-state index >= 15 is 0 Å². The Labute approximate surface area is 192 Å². The molecule has 166 valence electrons. The highest BCUT2D eigenvalue weighted by atomic mass is 35.5. The van der Waals surface area contributed by atoms with E-state index in [-0.39, 0.29) is 0 Å². The van der Waals surface area contributed by atoms with Crippen LogP contribution in [0.4, 0.5) is 0 Å². The van der Waals surface area contributed by atoms with E-state index in [2.05, 4.69) is 34.1 Å². The minimum absolute atomic E-state index is 0.322. The molecule has 3 fully saturated rings. The molecule has 2 aliphatic heterocycles. The molecular formula is C27H35ClN2O. The van der Waals surface area contributed by atoms with Crippen molar-refractivity contribution in [2.45, 2.75) is 57.1 Å². The van der Waals surface area contributed by atoms with Crippen molar-refractivity contribution in [3.05, 3.63) is 64.7 Å². The summed E-state index contributed by atoms with van der Waals surface area (Å²) in [5, 5.41) is 0.746. The van der Waals surface area contributed by atoms with Crippen LogP contribution in [0.15, 0.2) is 48.5 Å². The highest BCUT2D eigenvalue weighted by molar-refractivity contribution is 6.30. The van der Waals surface area contributed by atoms with Crippen LogP contribution in [0.25, 0.3) is 0 Å². The Balaban J connectivity index is 1.02. The minimum atomic E-state index is 0.322. The standard InChI is InChI=1S/C27H35ClN2O/c28-25-4-3-5-27(18-25)31-26-10-14-30(15-11-26)20-22-16-24(17-22)23-8-6-21(7-9-23)19-29-12-1-2-13-29/h3-9,18,22,24,26H,1-2,10-17,19-20H2/t22-,24-. The summed E-state index contributed by atoms with van der Waals surface area (Å²) < 4.78 is 6.14. The van der Waals surface area contributed by atoms with Crippen LogP contribution < -0.4 is 4.74 Å². The van der Waals surface area contributed by atoms with Crippen molar-refractivity contribution in [1.29, 1.82) is 0 Å². The summed E-state index contributed by atoms with van der Waals surface area (Å²) in [6.07, 6.45) is 7.99. The van der Waals surface area contributed by atoms with Crippen LogP contribution in [-0.4, -0.2) is 48.6 Å². The zero-order valence-electron chi connectivity index (χ0n) is 18.5. The maximum Gasteiger partial charge on any atom is 0.121 e. The van der Waals surface area contributed by atoms with Crippen molar-refractivity contribution >= 4 is 11.6 Å². The summed E-state index contributed by atoms with van der Waals surface area (Å²) >= 11 is 6.07. The highest BCUT2D eigenvalue weighted by Crippen LogP contribution is 2.42. The number of piperidine rings is 1. The van der Waals surface area contributed by atoms with Crippen molar-refractivity contribution in [3.63, 3.8) is 0 Å². The molecule has 0 radical (unpaired) electrons. The zero-order valence-corrected chi connectivity index (χ0v) is 19.3. The van der Waals surface area contributed by atoms with E-state index in [0.29, 0.717) is 6.10 Å². The first-order chi connectivity index (χ1) is 15.2. The molecule has 1 saturated carbocycles. The summed E-state index contributed by atoms with van der Waals surface area (Å²) in [6.45, 7) is 7.24. The molecule has 2 aromatic carbocycles. The molecule has 0 aromatic heterocycles. The van der Waals surface area contributed by atoms with Gasteiger partial charge in [-0.25, -0.2) is 0 Å². The molecule has 5 rings (SSSR count). The normalized spacial score (nSPS) is 25.5. The largest absolute Gasteiger partial charge is 0.490 e. The molecule has 0 unspecified atom stereocenters. The van der Waals surface area contributed by atoms with Crippen LogP contribution in [0.3, 0.4) is 0 Å². The fourth-order valence-electron chi connectivity index (χ4n) is 5.56. The predicted octanol–water partition coefficient (Wildman–Crippen LogP) is 5.97. The average Bonchev–Trinajstić information content (AvgIpc) is 3.26. The van der Waals surface area contributed by atoms with Gasteiger partial charge in [-0.2, -0.15) is 0 Å². The Morgan fingerprint density at radius 2 is 1.61 bits per heavy atom. The molecule has 0 atom stereocenters. The zero-order chi connectivity index (χ0) is 21.0. The van der Waals surface area contributed by atoms with Gasteiger partial charge in [-0.1, -0.05) is 41.9 Å². The number of likely N-dealkylation sites (tertiary alicyclic amines) is 2. The highest BCUT2D eigenvalue weighted by Gasteiger charge is 2.32. The van der Waals surface area contributed by atoms with E-state index < -0.39 is 0 Å². The van der Waals surface area contributed by atoms with Gasteiger partial charge in [-0.05, 0) is 92.8 Å². The molecule has 0 N–H and O–H groups in total. The number of hydrogen-bond acceptors (Lipinski definition) is 3. The van der Waals surface area contributed by atoms with Crippen LogP contribution in [0, 0.1) is 5.92 Å². The van der Waals surface area contributed by atoms with Gasteiger partial charge >= 0.3 is 0 Å². The third-order valence-corrected chi connectivity index (χ3v) is 7.68. The van der Waals surface area contributed by atoms with Gasteiger partial charge in [-0.3, -0.25) is 4.90 Å². The first kappa shape index (κ1) is 21.3. The van der Waals surface area contributed by atoms with Crippen molar-refractivity contribution < 1.29 is 4.74 Å². The second kappa shape index (κ2) is 9.94. The molecule has 31 heavy (non-hydrogen) atoms. The maximum atomic E-state index is 6.14. The smallest absolute Gasteiger partial charge is 0.121 e. The molecule has 0 bridgehead atoms. The van der Waals surface area contributed by atoms with Crippen molar-refractivity contribution in [2.24, 2.45) is 5.92 Å². The molecular weight excluding hydrogens is 404 g/mol. The number of benzene rings is 2. The second-order valence-electron chi connectivity index (χ2n) is 9.83. The Kier molecular flexibility index (Phi) is 6.83. The molecule has 3 nitrogen and oxygen atoms in total. The fraction of sp³-hybridized carbons (Fsp3) is 0.556. The predicted molar refractivity (Wildman–Crippen MR) is 128 cm³/mol. The SMILES string of the molecule is Clc1cccc(OC2CCN(C[C@H]3C[C@H](c4ccc(CN5CCCC5)cc4)C3)CC2)c1. The lowest BCUT2D eigenvalue weighted by atomic mass is 9.71. The summed E-state index contributed by atoms with van der Waals surface area (Å²) in [5.41, 5.74) is 3.03. The topological polar surface area (TPSA) is 15.7 Å².